The molecule has 5 rings (SSSR count). The monoisotopic (exact) mass is 550 g/mol. The molecule has 4 heterocycles. The largest absolute Gasteiger partial charge is 0.473 e. The van der Waals surface area contributed by atoms with E-state index < -0.39 is 24.9 Å². The fourth-order valence-corrected chi connectivity index (χ4v) is 4.91. The van der Waals surface area contributed by atoms with Gasteiger partial charge in [0.15, 0.2) is 6.10 Å². The SMILES string of the molecule is Cc1ccc(NC(=O)N2CCO[C@@H](C(F)(F)F)C2)cc1-c1cnc(OC2CCOCC2)c(N2CCOCC2)c1. The van der Waals surface area contributed by atoms with Gasteiger partial charge in [-0.05, 0) is 36.2 Å². The summed E-state index contributed by atoms with van der Waals surface area (Å²) < 4.78 is 61.4. The Kier molecular flexibility index (Phi) is 8.43. The molecule has 212 valence electrons. The van der Waals surface area contributed by atoms with Gasteiger partial charge in [0, 0.05) is 49.9 Å². The molecule has 2 aromatic rings. The van der Waals surface area contributed by atoms with E-state index in [1.165, 1.54) is 0 Å². The molecular weight excluding hydrogens is 517 g/mol. The molecule has 3 fully saturated rings. The number of aromatic nitrogens is 1. The normalized spacial score (nSPS) is 21.1. The van der Waals surface area contributed by atoms with Gasteiger partial charge in [-0.3, -0.25) is 0 Å². The number of nitrogens with one attached hydrogen (secondary N) is 1. The zero-order valence-electron chi connectivity index (χ0n) is 21.8. The number of amides is 2. The number of urea groups is 1. The summed E-state index contributed by atoms with van der Waals surface area (Å²) in [4.78, 5) is 20.8. The predicted octanol–water partition coefficient (Wildman–Crippen LogP) is 4.25. The molecule has 0 aliphatic carbocycles. The highest BCUT2D eigenvalue weighted by atomic mass is 19.4. The third-order valence-electron chi connectivity index (χ3n) is 7.15. The number of hydrogen-bond donors (Lipinski definition) is 1. The van der Waals surface area contributed by atoms with E-state index in [0.717, 1.165) is 40.1 Å². The zero-order valence-corrected chi connectivity index (χ0v) is 21.8. The molecule has 0 radical (unpaired) electrons. The number of morpholine rings is 2. The van der Waals surface area contributed by atoms with E-state index in [2.05, 4.69) is 10.2 Å². The zero-order chi connectivity index (χ0) is 27.4. The first-order chi connectivity index (χ1) is 18.8. The number of rotatable bonds is 5. The highest BCUT2D eigenvalue weighted by Gasteiger charge is 2.44. The summed E-state index contributed by atoms with van der Waals surface area (Å²) in [5, 5.41) is 2.74. The summed E-state index contributed by atoms with van der Waals surface area (Å²) in [7, 11) is 0. The van der Waals surface area contributed by atoms with E-state index in [1.807, 2.05) is 25.1 Å². The van der Waals surface area contributed by atoms with Crippen LogP contribution in [0.4, 0.5) is 29.3 Å². The molecule has 1 atom stereocenters. The van der Waals surface area contributed by atoms with E-state index in [1.54, 1.807) is 12.3 Å². The number of nitrogens with zero attached hydrogens (tertiary/aromatic N) is 3. The predicted molar refractivity (Wildman–Crippen MR) is 138 cm³/mol. The van der Waals surface area contributed by atoms with Gasteiger partial charge in [0.25, 0.3) is 0 Å². The molecule has 2 amide bonds. The first-order valence-corrected chi connectivity index (χ1v) is 13.2. The van der Waals surface area contributed by atoms with Gasteiger partial charge >= 0.3 is 12.2 Å². The van der Waals surface area contributed by atoms with E-state index in [4.69, 9.17) is 23.9 Å². The number of pyridine rings is 1. The molecule has 0 bridgehead atoms. The lowest BCUT2D eigenvalue weighted by Gasteiger charge is -2.33. The molecule has 9 nitrogen and oxygen atoms in total. The highest BCUT2D eigenvalue weighted by Crippen LogP contribution is 2.35. The van der Waals surface area contributed by atoms with E-state index in [-0.39, 0.29) is 19.3 Å². The lowest BCUT2D eigenvalue weighted by atomic mass is 10.0. The lowest BCUT2D eigenvalue weighted by Crippen LogP contribution is -2.52. The minimum atomic E-state index is -4.53. The summed E-state index contributed by atoms with van der Waals surface area (Å²) in [6, 6.07) is 6.85. The lowest BCUT2D eigenvalue weighted by molar-refractivity contribution is -0.233. The summed E-state index contributed by atoms with van der Waals surface area (Å²) in [6.45, 7) is 5.28. The Morgan fingerprint density at radius 3 is 2.54 bits per heavy atom. The Morgan fingerprint density at radius 2 is 1.79 bits per heavy atom. The number of benzene rings is 1. The Hall–Kier alpha value is -3.09. The molecule has 1 aromatic heterocycles. The van der Waals surface area contributed by atoms with Crippen molar-refractivity contribution in [2.45, 2.75) is 38.1 Å². The van der Waals surface area contributed by atoms with Gasteiger partial charge in [0.05, 0.1) is 39.6 Å². The molecule has 1 aromatic carbocycles. The van der Waals surface area contributed by atoms with Crippen LogP contribution in [0.2, 0.25) is 0 Å². The Balaban J connectivity index is 1.37. The van der Waals surface area contributed by atoms with Crippen molar-refractivity contribution in [2.24, 2.45) is 0 Å². The Labute approximate surface area is 225 Å². The van der Waals surface area contributed by atoms with E-state index in [9.17, 15) is 18.0 Å². The summed E-state index contributed by atoms with van der Waals surface area (Å²) in [5.41, 5.74) is 4.01. The van der Waals surface area contributed by atoms with Crippen LogP contribution < -0.4 is 15.0 Å². The van der Waals surface area contributed by atoms with Crippen LogP contribution >= 0.6 is 0 Å². The third kappa shape index (κ3) is 6.74. The van der Waals surface area contributed by atoms with Crippen molar-refractivity contribution < 1.29 is 36.9 Å². The van der Waals surface area contributed by atoms with E-state index >= 15 is 0 Å². The topological polar surface area (TPSA) is 85.4 Å². The average molecular weight is 551 g/mol. The van der Waals surface area contributed by atoms with Crippen LogP contribution in [0, 0.1) is 6.92 Å². The fourth-order valence-electron chi connectivity index (χ4n) is 4.91. The minimum absolute atomic E-state index is 0.0364. The van der Waals surface area contributed by atoms with E-state index in [0.29, 0.717) is 51.1 Å². The van der Waals surface area contributed by atoms with Crippen LogP contribution in [0.5, 0.6) is 5.88 Å². The highest BCUT2D eigenvalue weighted by molar-refractivity contribution is 5.90. The summed E-state index contributed by atoms with van der Waals surface area (Å²) >= 11 is 0. The van der Waals surface area contributed by atoms with Crippen molar-refractivity contribution in [3.63, 3.8) is 0 Å². The molecule has 3 saturated heterocycles. The molecule has 12 heteroatoms. The average Bonchev–Trinajstić information content (AvgIpc) is 2.95. The Bertz CT molecular complexity index is 1150. The van der Waals surface area contributed by atoms with Gasteiger partial charge in [0.2, 0.25) is 5.88 Å². The van der Waals surface area contributed by atoms with Gasteiger partial charge in [-0.2, -0.15) is 13.2 Å². The van der Waals surface area contributed by atoms with Crippen LogP contribution in [0.25, 0.3) is 11.1 Å². The molecule has 0 spiro atoms. The van der Waals surface area contributed by atoms with Crippen molar-refractivity contribution in [2.75, 3.05) is 69.4 Å². The van der Waals surface area contributed by atoms with Crippen molar-refractivity contribution in [1.82, 2.24) is 9.88 Å². The van der Waals surface area contributed by atoms with Crippen LogP contribution in [0.1, 0.15) is 18.4 Å². The summed E-state index contributed by atoms with van der Waals surface area (Å²) in [5.74, 6) is 0.571. The number of carbonyl (C=O) groups excluding carboxylic acids is 1. The first-order valence-electron chi connectivity index (χ1n) is 13.2. The van der Waals surface area contributed by atoms with Gasteiger partial charge in [-0.15, -0.1) is 0 Å². The van der Waals surface area contributed by atoms with Crippen LogP contribution in [-0.2, 0) is 14.2 Å². The number of hydrogen-bond acceptors (Lipinski definition) is 7. The second kappa shape index (κ2) is 12.0. The second-order valence-electron chi connectivity index (χ2n) is 9.88. The number of halogens is 3. The first kappa shape index (κ1) is 27.5. The third-order valence-corrected chi connectivity index (χ3v) is 7.15. The van der Waals surface area contributed by atoms with Gasteiger partial charge in [-0.1, -0.05) is 6.07 Å². The molecule has 3 aliphatic heterocycles. The molecule has 1 N–H and O–H groups in total. The van der Waals surface area contributed by atoms with Crippen LogP contribution in [0.3, 0.4) is 0 Å². The number of aryl methyl sites for hydroxylation is 1. The molecule has 0 saturated carbocycles. The Morgan fingerprint density at radius 1 is 1.05 bits per heavy atom. The van der Waals surface area contributed by atoms with Gasteiger partial charge < -0.3 is 34.1 Å². The fraction of sp³-hybridized carbons (Fsp3) is 0.556. The minimum Gasteiger partial charge on any atom is -0.473 e. The molecule has 39 heavy (non-hydrogen) atoms. The smallest absolute Gasteiger partial charge is 0.416 e. The van der Waals surface area contributed by atoms with Crippen molar-refractivity contribution in [3.8, 4) is 17.0 Å². The van der Waals surface area contributed by atoms with Crippen molar-refractivity contribution in [1.29, 1.82) is 0 Å². The van der Waals surface area contributed by atoms with Crippen molar-refractivity contribution in [3.05, 3.63) is 36.0 Å². The number of carbonyl (C=O) groups is 1. The van der Waals surface area contributed by atoms with Crippen LogP contribution in [0.15, 0.2) is 30.5 Å². The van der Waals surface area contributed by atoms with Crippen molar-refractivity contribution >= 4 is 17.4 Å². The molecular formula is C27H33F3N4O5. The standard InChI is InChI=1S/C27H33F3N4O5/c1-18-2-3-20(32-26(35)34-8-13-38-24(17-34)27(28,29)30)15-22(18)19-14-23(33-6-11-37-12-7-33)25(31-16-19)39-21-4-9-36-10-5-21/h2-3,14-16,21,24H,4-13,17H2,1H3,(H,32,35)/t24-/m1/s1. The second-order valence-corrected chi connectivity index (χ2v) is 9.88. The quantitative estimate of drug-likeness (QED) is 0.596. The van der Waals surface area contributed by atoms with Crippen LogP contribution in [-0.4, -0.2) is 93.5 Å². The number of alkyl halides is 3. The van der Waals surface area contributed by atoms with Gasteiger partial charge in [0.1, 0.15) is 11.8 Å². The van der Waals surface area contributed by atoms with Gasteiger partial charge in [-0.25, -0.2) is 9.78 Å². The summed E-state index contributed by atoms with van der Waals surface area (Å²) in [6.07, 6.45) is -3.12. The maximum atomic E-state index is 13.1. The number of anilines is 2. The maximum absolute atomic E-state index is 13.1. The molecule has 3 aliphatic rings. The number of ether oxygens (including phenoxy) is 4. The molecule has 0 unspecified atom stereocenters. The maximum Gasteiger partial charge on any atom is 0.416 e.